The fourth-order valence-corrected chi connectivity index (χ4v) is 3.94. The molecular weight excluding hydrogens is 456 g/mol. The van der Waals surface area contributed by atoms with Crippen LogP contribution in [0.1, 0.15) is 57.7 Å². The normalized spacial score (nSPS) is 14.9. The van der Waals surface area contributed by atoms with Gasteiger partial charge in [0.05, 0.1) is 19.4 Å². The van der Waals surface area contributed by atoms with Crippen LogP contribution in [0.2, 0.25) is 0 Å². The summed E-state index contributed by atoms with van der Waals surface area (Å²) in [5, 5.41) is 8.86. The zero-order chi connectivity index (χ0) is 24.9. The van der Waals surface area contributed by atoms with Gasteiger partial charge in [0, 0.05) is 35.4 Å². The molecular formula is C28H30N4O4. The lowest BCUT2D eigenvalue weighted by Crippen LogP contribution is -2.32. The molecule has 3 N–H and O–H groups in total. The van der Waals surface area contributed by atoms with E-state index < -0.39 is 0 Å². The number of nitrogens with zero attached hydrogens (tertiary/aromatic N) is 1. The van der Waals surface area contributed by atoms with Crippen LogP contribution in [0.15, 0.2) is 71.3 Å². The molecule has 1 aromatic heterocycles. The lowest BCUT2D eigenvalue weighted by Gasteiger charge is -2.21. The molecule has 3 amide bonds. The lowest BCUT2D eigenvalue weighted by molar-refractivity contribution is -0.117. The lowest BCUT2D eigenvalue weighted by atomic mass is 10.1. The van der Waals surface area contributed by atoms with Crippen LogP contribution >= 0.6 is 0 Å². The van der Waals surface area contributed by atoms with E-state index in [-0.39, 0.29) is 30.3 Å². The van der Waals surface area contributed by atoms with E-state index in [0.717, 1.165) is 37.0 Å². The van der Waals surface area contributed by atoms with Crippen LogP contribution in [-0.2, 0) is 17.9 Å². The van der Waals surface area contributed by atoms with Gasteiger partial charge in [-0.05, 0) is 73.7 Å². The van der Waals surface area contributed by atoms with Crippen molar-refractivity contribution in [1.82, 2.24) is 15.5 Å². The molecule has 0 bridgehead atoms. The third kappa shape index (κ3) is 6.82. The number of nitrogens with one attached hydrogen (secondary N) is 3. The Balaban J connectivity index is 1.21. The number of anilines is 1. The van der Waals surface area contributed by atoms with Gasteiger partial charge in [-0.25, -0.2) is 0 Å². The van der Waals surface area contributed by atoms with Crippen molar-refractivity contribution in [2.45, 2.75) is 50.9 Å². The third-order valence-electron chi connectivity index (χ3n) is 6.18. The summed E-state index contributed by atoms with van der Waals surface area (Å²) in [5.41, 5.74) is 2.72. The average Bonchev–Trinajstić information content (AvgIpc) is 3.80. The highest BCUT2D eigenvalue weighted by molar-refractivity contribution is 5.98. The quantitative estimate of drug-likeness (QED) is 0.383. The highest BCUT2D eigenvalue weighted by atomic mass is 16.3. The average molecular weight is 487 g/mol. The Bertz CT molecular complexity index is 1210. The van der Waals surface area contributed by atoms with Gasteiger partial charge in [-0.2, -0.15) is 0 Å². The number of benzene rings is 2. The summed E-state index contributed by atoms with van der Waals surface area (Å²) in [7, 11) is 0. The Labute approximate surface area is 210 Å². The first-order chi connectivity index (χ1) is 17.5. The van der Waals surface area contributed by atoms with E-state index in [0.29, 0.717) is 35.9 Å². The van der Waals surface area contributed by atoms with Crippen LogP contribution < -0.4 is 16.0 Å². The molecule has 36 heavy (non-hydrogen) atoms. The maximum Gasteiger partial charge on any atom is 0.251 e. The predicted molar refractivity (Wildman–Crippen MR) is 135 cm³/mol. The highest BCUT2D eigenvalue weighted by Gasteiger charge is 2.24. The Hall–Kier alpha value is -3.91. The van der Waals surface area contributed by atoms with Gasteiger partial charge in [0.15, 0.2) is 0 Å². The molecule has 0 radical (unpaired) electrons. The minimum absolute atomic E-state index is 0.0519. The van der Waals surface area contributed by atoms with E-state index in [1.54, 1.807) is 30.5 Å². The number of furan rings is 1. The van der Waals surface area contributed by atoms with Crippen molar-refractivity contribution in [3.05, 3.63) is 89.4 Å². The smallest absolute Gasteiger partial charge is 0.251 e. The molecule has 2 aromatic carbocycles. The highest BCUT2D eigenvalue weighted by Crippen LogP contribution is 2.21. The topological polar surface area (TPSA) is 104 Å². The van der Waals surface area contributed by atoms with Gasteiger partial charge in [-0.15, -0.1) is 0 Å². The Morgan fingerprint density at radius 1 is 0.806 bits per heavy atom. The number of carbonyl (C=O) groups excluding carboxylic acids is 3. The standard InChI is InChI=1S/C28H30N4O4/c33-26(29-24-4-1-3-21(15-24)28(35)31-23-12-13-23)18-32(17-25-5-2-14-36-25)16-19-6-8-20(9-7-19)27(34)30-22-10-11-22/h1-9,14-15,22-23H,10-13,16-18H2,(H,29,33)(H,30,34)(H,31,35). The van der Waals surface area contributed by atoms with Gasteiger partial charge in [-0.3, -0.25) is 19.3 Å². The summed E-state index contributed by atoms with van der Waals surface area (Å²) >= 11 is 0. The van der Waals surface area contributed by atoms with E-state index in [1.165, 1.54) is 0 Å². The first-order valence-corrected chi connectivity index (χ1v) is 12.4. The summed E-state index contributed by atoms with van der Waals surface area (Å²) in [6.45, 7) is 1.08. The predicted octanol–water partition coefficient (Wildman–Crippen LogP) is 3.70. The molecule has 8 nitrogen and oxygen atoms in total. The summed E-state index contributed by atoms with van der Waals surface area (Å²) in [4.78, 5) is 39.5. The molecule has 2 aliphatic carbocycles. The Kier molecular flexibility index (Phi) is 7.13. The molecule has 2 aliphatic rings. The fourth-order valence-electron chi connectivity index (χ4n) is 3.94. The summed E-state index contributed by atoms with van der Waals surface area (Å²) in [6.07, 6.45) is 5.74. The SMILES string of the molecule is O=C(CN(Cc1ccc(C(=O)NC2CC2)cc1)Cc1ccco1)Nc1cccc(C(=O)NC2CC2)c1. The molecule has 8 heteroatoms. The summed E-state index contributed by atoms with van der Waals surface area (Å²) in [5.74, 6) is 0.384. The molecule has 3 aromatic rings. The van der Waals surface area contributed by atoms with Crippen LogP contribution in [0.5, 0.6) is 0 Å². The second-order valence-corrected chi connectivity index (χ2v) is 9.55. The molecule has 2 fully saturated rings. The Morgan fingerprint density at radius 3 is 2.14 bits per heavy atom. The molecule has 186 valence electrons. The molecule has 0 unspecified atom stereocenters. The van der Waals surface area contributed by atoms with Crippen LogP contribution in [-0.4, -0.2) is 41.2 Å². The number of carbonyl (C=O) groups is 3. The molecule has 2 saturated carbocycles. The van der Waals surface area contributed by atoms with Gasteiger partial charge in [-0.1, -0.05) is 18.2 Å². The number of amides is 3. The zero-order valence-electron chi connectivity index (χ0n) is 20.0. The van der Waals surface area contributed by atoms with Crippen LogP contribution in [0.3, 0.4) is 0 Å². The molecule has 0 spiro atoms. The van der Waals surface area contributed by atoms with Crippen LogP contribution in [0.4, 0.5) is 5.69 Å². The van der Waals surface area contributed by atoms with Gasteiger partial charge in [0.1, 0.15) is 5.76 Å². The Morgan fingerprint density at radius 2 is 1.50 bits per heavy atom. The minimum atomic E-state index is -0.193. The first-order valence-electron chi connectivity index (χ1n) is 12.4. The second-order valence-electron chi connectivity index (χ2n) is 9.55. The van der Waals surface area contributed by atoms with Crippen molar-refractivity contribution in [3.63, 3.8) is 0 Å². The molecule has 1 heterocycles. The largest absolute Gasteiger partial charge is 0.468 e. The van der Waals surface area contributed by atoms with Gasteiger partial charge < -0.3 is 20.4 Å². The van der Waals surface area contributed by atoms with Crippen LogP contribution in [0, 0.1) is 0 Å². The van der Waals surface area contributed by atoms with Gasteiger partial charge >= 0.3 is 0 Å². The van der Waals surface area contributed by atoms with Crippen molar-refractivity contribution in [1.29, 1.82) is 0 Å². The monoisotopic (exact) mass is 486 g/mol. The second kappa shape index (κ2) is 10.8. The molecule has 0 saturated heterocycles. The molecule has 0 atom stereocenters. The van der Waals surface area contributed by atoms with E-state index in [9.17, 15) is 14.4 Å². The van der Waals surface area contributed by atoms with Crippen molar-refractivity contribution >= 4 is 23.4 Å². The van der Waals surface area contributed by atoms with E-state index in [4.69, 9.17) is 4.42 Å². The van der Waals surface area contributed by atoms with Crippen molar-refractivity contribution < 1.29 is 18.8 Å². The summed E-state index contributed by atoms with van der Waals surface area (Å²) in [6, 6.07) is 18.7. The maximum atomic E-state index is 12.9. The molecule has 5 rings (SSSR count). The van der Waals surface area contributed by atoms with E-state index in [1.807, 2.05) is 41.3 Å². The van der Waals surface area contributed by atoms with Gasteiger partial charge in [0.25, 0.3) is 11.8 Å². The zero-order valence-corrected chi connectivity index (χ0v) is 20.0. The van der Waals surface area contributed by atoms with E-state index >= 15 is 0 Å². The van der Waals surface area contributed by atoms with Crippen molar-refractivity contribution in [3.8, 4) is 0 Å². The first kappa shape index (κ1) is 23.8. The third-order valence-corrected chi connectivity index (χ3v) is 6.18. The fraction of sp³-hybridized carbons (Fsp3) is 0.321. The van der Waals surface area contributed by atoms with E-state index in [2.05, 4.69) is 16.0 Å². The van der Waals surface area contributed by atoms with Crippen molar-refractivity contribution in [2.24, 2.45) is 0 Å². The van der Waals surface area contributed by atoms with Crippen LogP contribution in [0.25, 0.3) is 0 Å². The number of rotatable bonds is 11. The minimum Gasteiger partial charge on any atom is -0.468 e. The number of hydrogen-bond donors (Lipinski definition) is 3. The number of hydrogen-bond acceptors (Lipinski definition) is 5. The molecule has 0 aliphatic heterocycles. The van der Waals surface area contributed by atoms with Gasteiger partial charge in [0.2, 0.25) is 5.91 Å². The maximum absolute atomic E-state index is 12.9. The summed E-state index contributed by atoms with van der Waals surface area (Å²) < 4.78 is 5.50. The van der Waals surface area contributed by atoms with Crippen molar-refractivity contribution in [2.75, 3.05) is 11.9 Å².